The van der Waals surface area contributed by atoms with Gasteiger partial charge < -0.3 is 19.4 Å². The van der Waals surface area contributed by atoms with Crippen molar-refractivity contribution in [3.05, 3.63) is 59.9 Å². The molecule has 1 fully saturated rings. The molecule has 1 aliphatic rings. The lowest BCUT2D eigenvalue weighted by Gasteiger charge is -2.29. The zero-order chi connectivity index (χ0) is 25.6. The number of nitrogens with one attached hydrogen (secondary N) is 1. The summed E-state index contributed by atoms with van der Waals surface area (Å²) in [4.78, 5) is 23.4. The van der Waals surface area contributed by atoms with E-state index in [9.17, 15) is 13.6 Å². The zero-order valence-electron chi connectivity index (χ0n) is 20.5. The summed E-state index contributed by atoms with van der Waals surface area (Å²) in [5.74, 6) is -2.29. The Bertz CT molecular complexity index is 1450. The van der Waals surface area contributed by atoms with Crippen LogP contribution in [0, 0.1) is 18.8 Å². The van der Waals surface area contributed by atoms with Crippen molar-refractivity contribution < 1.29 is 18.3 Å². The number of ether oxygens (including phenoxy) is 1. The van der Waals surface area contributed by atoms with E-state index in [-0.39, 0.29) is 11.4 Å². The Morgan fingerprint density at radius 2 is 1.92 bits per heavy atom. The van der Waals surface area contributed by atoms with E-state index in [0.717, 1.165) is 27.8 Å². The molecule has 0 aromatic carbocycles. The lowest BCUT2D eigenvalue weighted by atomic mass is 10.0. The SMILES string of the molecule is Cc1c(-c2cc(N3CCOCC3)c3nccn3c2)cc(NC(=O)c2cnn(C(C)(C)C)c2F)nc1F. The van der Waals surface area contributed by atoms with E-state index in [1.165, 1.54) is 0 Å². The zero-order valence-corrected chi connectivity index (χ0v) is 20.5. The van der Waals surface area contributed by atoms with Gasteiger partial charge in [0.2, 0.25) is 11.9 Å². The van der Waals surface area contributed by atoms with Gasteiger partial charge in [0.05, 0.1) is 30.6 Å². The van der Waals surface area contributed by atoms with Gasteiger partial charge in [0.15, 0.2) is 5.65 Å². The molecule has 0 unspecified atom stereocenters. The molecule has 188 valence electrons. The molecule has 5 rings (SSSR count). The molecule has 9 nitrogen and oxygen atoms in total. The topological polar surface area (TPSA) is 89.6 Å². The molecular formula is C25H27F2N7O2. The van der Waals surface area contributed by atoms with Gasteiger partial charge in [-0.05, 0) is 45.4 Å². The summed E-state index contributed by atoms with van der Waals surface area (Å²) in [6, 6.07) is 3.54. The maximum absolute atomic E-state index is 14.9. The molecule has 36 heavy (non-hydrogen) atoms. The summed E-state index contributed by atoms with van der Waals surface area (Å²) >= 11 is 0. The highest BCUT2D eigenvalue weighted by atomic mass is 19.1. The highest BCUT2D eigenvalue weighted by Gasteiger charge is 2.25. The van der Waals surface area contributed by atoms with Crippen LogP contribution in [0.5, 0.6) is 0 Å². The van der Waals surface area contributed by atoms with Crippen LogP contribution in [0.25, 0.3) is 16.8 Å². The Hall–Kier alpha value is -3.86. The minimum Gasteiger partial charge on any atom is -0.378 e. The summed E-state index contributed by atoms with van der Waals surface area (Å²) in [7, 11) is 0. The van der Waals surface area contributed by atoms with E-state index in [4.69, 9.17) is 4.74 Å². The average molecular weight is 496 g/mol. The number of amides is 1. The van der Waals surface area contributed by atoms with Crippen LogP contribution >= 0.6 is 0 Å². The molecule has 1 saturated heterocycles. The number of hydrogen-bond donors (Lipinski definition) is 1. The Kier molecular flexibility index (Phi) is 5.95. The smallest absolute Gasteiger partial charge is 0.263 e. The van der Waals surface area contributed by atoms with Gasteiger partial charge in [-0.2, -0.15) is 13.9 Å². The third-order valence-corrected chi connectivity index (χ3v) is 6.18. The molecule has 1 amide bonds. The molecule has 0 saturated carbocycles. The Morgan fingerprint density at radius 3 is 2.61 bits per heavy atom. The fourth-order valence-corrected chi connectivity index (χ4v) is 4.28. The number of nitrogens with zero attached hydrogens (tertiary/aromatic N) is 6. The molecule has 0 aliphatic carbocycles. The highest BCUT2D eigenvalue weighted by Crippen LogP contribution is 2.32. The molecule has 5 heterocycles. The molecule has 11 heteroatoms. The molecule has 0 radical (unpaired) electrons. The van der Waals surface area contributed by atoms with Crippen LogP contribution < -0.4 is 10.2 Å². The number of morpholine rings is 1. The van der Waals surface area contributed by atoms with Crippen LogP contribution in [0.4, 0.5) is 20.3 Å². The molecule has 0 atom stereocenters. The van der Waals surface area contributed by atoms with E-state index in [0.29, 0.717) is 37.4 Å². The minimum atomic E-state index is -0.770. The van der Waals surface area contributed by atoms with Gasteiger partial charge in [0, 0.05) is 42.8 Å². The standard InChI is InChI=1S/C25H27F2N7O2/c1-15-17(16-11-19(32-7-9-36-10-8-32)23-28-5-6-33(23)14-16)12-20(30-21(15)26)31-24(35)18-13-29-34(22(18)27)25(2,3)4/h5-6,11-14H,7-10H2,1-4H3,(H,30,31,35). The third-order valence-electron chi connectivity index (χ3n) is 6.18. The lowest BCUT2D eigenvalue weighted by molar-refractivity contribution is 0.102. The maximum Gasteiger partial charge on any atom is 0.263 e. The summed E-state index contributed by atoms with van der Waals surface area (Å²) in [6.07, 6.45) is 6.55. The van der Waals surface area contributed by atoms with Crippen LogP contribution in [-0.4, -0.2) is 56.4 Å². The molecule has 1 N–H and O–H groups in total. The van der Waals surface area contributed by atoms with Gasteiger partial charge in [-0.3, -0.25) is 4.79 Å². The second kappa shape index (κ2) is 8.98. The first-order chi connectivity index (χ1) is 17.1. The fourth-order valence-electron chi connectivity index (χ4n) is 4.28. The fraction of sp³-hybridized carbons (Fsp3) is 0.360. The average Bonchev–Trinajstić information content (AvgIpc) is 3.47. The summed E-state index contributed by atoms with van der Waals surface area (Å²) in [5.41, 5.74) is 2.40. The van der Waals surface area contributed by atoms with Crippen LogP contribution in [0.1, 0.15) is 36.7 Å². The first-order valence-electron chi connectivity index (χ1n) is 11.7. The van der Waals surface area contributed by atoms with E-state index in [1.807, 2.05) is 22.9 Å². The van der Waals surface area contributed by atoms with Gasteiger partial charge in [-0.25, -0.2) is 14.6 Å². The van der Waals surface area contributed by atoms with Gasteiger partial charge in [0.25, 0.3) is 5.91 Å². The summed E-state index contributed by atoms with van der Waals surface area (Å²) in [6.45, 7) is 9.60. The van der Waals surface area contributed by atoms with Crippen molar-refractivity contribution in [1.29, 1.82) is 0 Å². The lowest BCUT2D eigenvalue weighted by Crippen LogP contribution is -2.36. The highest BCUT2D eigenvalue weighted by molar-refractivity contribution is 6.04. The van der Waals surface area contributed by atoms with Crippen LogP contribution in [0.2, 0.25) is 0 Å². The van der Waals surface area contributed by atoms with Gasteiger partial charge in [-0.15, -0.1) is 0 Å². The molecule has 0 spiro atoms. The number of carbonyl (C=O) groups excluding carboxylic acids is 1. The number of imidazole rings is 1. The maximum atomic E-state index is 14.9. The van der Waals surface area contributed by atoms with Gasteiger partial charge >= 0.3 is 0 Å². The molecular weight excluding hydrogens is 468 g/mol. The van der Waals surface area contributed by atoms with Crippen LogP contribution in [-0.2, 0) is 10.3 Å². The van der Waals surface area contributed by atoms with Crippen molar-refractivity contribution in [3.8, 4) is 11.1 Å². The van der Waals surface area contributed by atoms with E-state index < -0.39 is 23.3 Å². The van der Waals surface area contributed by atoms with Crippen LogP contribution in [0.15, 0.2) is 36.9 Å². The van der Waals surface area contributed by atoms with E-state index in [1.54, 1.807) is 40.0 Å². The Morgan fingerprint density at radius 1 is 1.17 bits per heavy atom. The monoisotopic (exact) mass is 495 g/mol. The Labute approximate surface area is 206 Å². The molecule has 1 aliphatic heterocycles. The summed E-state index contributed by atoms with van der Waals surface area (Å²) in [5, 5.41) is 6.51. The number of halogens is 2. The quantitative estimate of drug-likeness (QED) is 0.430. The number of hydrogen-bond acceptors (Lipinski definition) is 6. The number of pyridine rings is 2. The predicted octanol–water partition coefficient (Wildman–Crippen LogP) is 4.02. The normalized spacial score (nSPS) is 14.4. The second-order valence-electron chi connectivity index (χ2n) is 9.73. The van der Waals surface area contributed by atoms with Crippen molar-refractivity contribution >= 4 is 23.1 Å². The molecule has 4 aromatic heterocycles. The minimum absolute atomic E-state index is 0.0281. The second-order valence-corrected chi connectivity index (χ2v) is 9.73. The van der Waals surface area contributed by atoms with E-state index >= 15 is 0 Å². The van der Waals surface area contributed by atoms with Crippen molar-refractivity contribution in [2.24, 2.45) is 0 Å². The van der Waals surface area contributed by atoms with E-state index in [2.05, 4.69) is 25.3 Å². The predicted molar refractivity (Wildman–Crippen MR) is 131 cm³/mol. The van der Waals surface area contributed by atoms with Crippen LogP contribution in [0.3, 0.4) is 0 Å². The third kappa shape index (κ3) is 4.30. The first kappa shape index (κ1) is 23.9. The number of aromatic nitrogens is 5. The molecule has 0 bridgehead atoms. The molecule has 4 aromatic rings. The van der Waals surface area contributed by atoms with Crippen molar-refractivity contribution in [2.75, 3.05) is 36.5 Å². The number of rotatable bonds is 4. The first-order valence-corrected chi connectivity index (χ1v) is 11.7. The number of anilines is 2. The number of carbonyl (C=O) groups is 1. The van der Waals surface area contributed by atoms with Crippen molar-refractivity contribution in [1.82, 2.24) is 24.1 Å². The Balaban J connectivity index is 1.52. The number of fused-ring (bicyclic) bond motifs is 1. The van der Waals surface area contributed by atoms with Crippen molar-refractivity contribution in [3.63, 3.8) is 0 Å². The largest absolute Gasteiger partial charge is 0.378 e. The van der Waals surface area contributed by atoms with Gasteiger partial charge in [-0.1, -0.05) is 0 Å². The summed E-state index contributed by atoms with van der Waals surface area (Å²) < 4.78 is 38.3. The van der Waals surface area contributed by atoms with Gasteiger partial charge in [0.1, 0.15) is 11.4 Å². The van der Waals surface area contributed by atoms with Crippen molar-refractivity contribution in [2.45, 2.75) is 33.2 Å².